The Kier molecular flexibility index (Phi) is 4.77. The highest BCUT2D eigenvalue weighted by atomic mass is 35.5. The number of rotatable bonds is 4. The number of nitrogens with one attached hydrogen (secondary N) is 1. The van der Waals surface area contributed by atoms with Crippen LogP contribution in [0.2, 0.25) is 5.02 Å². The van der Waals surface area contributed by atoms with Crippen LogP contribution in [-0.2, 0) is 6.54 Å². The third-order valence-electron chi connectivity index (χ3n) is 3.11. The van der Waals surface area contributed by atoms with Gasteiger partial charge in [0.25, 0.3) is 5.91 Å². The summed E-state index contributed by atoms with van der Waals surface area (Å²) in [5.41, 5.74) is 5.05. The second-order valence-electron chi connectivity index (χ2n) is 4.85. The van der Waals surface area contributed by atoms with Crippen molar-refractivity contribution in [3.05, 3.63) is 58.2 Å². The quantitative estimate of drug-likeness (QED) is 0.673. The lowest BCUT2D eigenvalue weighted by atomic mass is 10.1. The molecule has 5 nitrogen and oxygen atoms in total. The highest BCUT2D eigenvalue weighted by Gasteiger charge is 2.14. The van der Waals surface area contributed by atoms with Gasteiger partial charge in [0.2, 0.25) is 0 Å². The van der Waals surface area contributed by atoms with Crippen LogP contribution in [0.15, 0.2) is 36.5 Å². The second-order valence-corrected chi connectivity index (χ2v) is 5.25. The molecule has 0 bridgehead atoms. The SMILES string of the molecule is Cc1ccc(CN(C)C(=O)c2cnc(NN)c(Cl)c2)cc1. The van der Waals surface area contributed by atoms with Gasteiger partial charge in [0, 0.05) is 19.8 Å². The van der Waals surface area contributed by atoms with Crippen molar-refractivity contribution in [2.24, 2.45) is 5.84 Å². The van der Waals surface area contributed by atoms with Gasteiger partial charge in [0.1, 0.15) is 0 Å². The summed E-state index contributed by atoms with van der Waals surface area (Å²) in [6, 6.07) is 9.61. The molecule has 0 saturated heterocycles. The summed E-state index contributed by atoms with van der Waals surface area (Å²) in [6.45, 7) is 2.55. The Morgan fingerprint density at radius 2 is 2.05 bits per heavy atom. The number of hydrogen-bond donors (Lipinski definition) is 2. The largest absolute Gasteiger partial charge is 0.337 e. The molecule has 3 N–H and O–H groups in total. The van der Waals surface area contributed by atoms with E-state index in [-0.39, 0.29) is 5.91 Å². The van der Waals surface area contributed by atoms with Crippen LogP contribution in [0.1, 0.15) is 21.5 Å². The molecular weight excluding hydrogens is 288 g/mol. The molecular formula is C15H17ClN4O. The van der Waals surface area contributed by atoms with Crippen LogP contribution in [-0.4, -0.2) is 22.8 Å². The van der Waals surface area contributed by atoms with Crippen molar-refractivity contribution in [2.45, 2.75) is 13.5 Å². The lowest BCUT2D eigenvalue weighted by Gasteiger charge is -2.17. The number of halogens is 1. The van der Waals surface area contributed by atoms with E-state index in [2.05, 4.69) is 10.4 Å². The molecule has 1 aromatic heterocycles. The van der Waals surface area contributed by atoms with Crippen LogP contribution in [0.3, 0.4) is 0 Å². The van der Waals surface area contributed by atoms with Gasteiger partial charge >= 0.3 is 0 Å². The van der Waals surface area contributed by atoms with Gasteiger partial charge in [-0.3, -0.25) is 4.79 Å². The average molecular weight is 305 g/mol. The molecule has 0 radical (unpaired) electrons. The van der Waals surface area contributed by atoms with Gasteiger partial charge in [0.15, 0.2) is 5.82 Å². The minimum atomic E-state index is -0.145. The minimum Gasteiger partial charge on any atom is -0.337 e. The fraction of sp³-hybridized carbons (Fsp3) is 0.200. The van der Waals surface area contributed by atoms with Gasteiger partial charge in [0.05, 0.1) is 10.6 Å². The maximum absolute atomic E-state index is 12.3. The maximum Gasteiger partial charge on any atom is 0.255 e. The molecule has 1 heterocycles. The van der Waals surface area contributed by atoms with Crippen LogP contribution in [0.25, 0.3) is 0 Å². The topological polar surface area (TPSA) is 71.2 Å². The third kappa shape index (κ3) is 3.71. The number of nitrogen functional groups attached to an aromatic ring is 1. The highest BCUT2D eigenvalue weighted by Crippen LogP contribution is 2.20. The van der Waals surface area contributed by atoms with Crippen LogP contribution in [0, 0.1) is 6.92 Å². The van der Waals surface area contributed by atoms with E-state index in [1.54, 1.807) is 18.0 Å². The van der Waals surface area contributed by atoms with Crippen LogP contribution >= 0.6 is 11.6 Å². The van der Waals surface area contributed by atoms with E-state index in [0.717, 1.165) is 5.56 Å². The standard InChI is InChI=1S/C15H17ClN4O/c1-10-3-5-11(6-4-10)9-20(2)15(21)12-7-13(16)14(19-17)18-8-12/h3-8H,9,17H2,1-2H3,(H,18,19). The summed E-state index contributed by atoms with van der Waals surface area (Å²) in [6.07, 6.45) is 1.45. The van der Waals surface area contributed by atoms with Gasteiger partial charge in [-0.2, -0.15) is 0 Å². The summed E-state index contributed by atoms with van der Waals surface area (Å²) in [5, 5.41) is 0.312. The molecule has 110 valence electrons. The Bertz CT molecular complexity index is 643. The zero-order chi connectivity index (χ0) is 15.4. The summed E-state index contributed by atoms with van der Waals surface area (Å²) >= 11 is 5.98. The number of nitrogens with zero attached hydrogens (tertiary/aromatic N) is 2. The number of aryl methyl sites for hydroxylation is 1. The number of benzene rings is 1. The molecule has 0 unspecified atom stereocenters. The first kappa shape index (κ1) is 15.3. The number of carbonyl (C=O) groups is 1. The summed E-state index contributed by atoms with van der Waals surface area (Å²) in [5.74, 6) is 5.46. The van der Waals surface area contributed by atoms with Crippen molar-refractivity contribution in [1.29, 1.82) is 0 Å². The molecule has 0 saturated carbocycles. The molecule has 0 aliphatic rings. The van der Waals surface area contributed by atoms with Crippen LogP contribution in [0.5, 0.6) is 0 Å². The van der Waals surface area contributed by atoms with E-state index >= 15 is 0 Å². The molecule has 0 aliphatic carbocycles. The normalized spacial score (nSPS) is 10.3. The second kappa shape index (κ2) is 6.56. The Hall–Kier alpha value is -2.11. The molecule has 0 aliphatic heterocycles. The lowest BCUT2D eigenvalue weighted by molar-refractivity contribution is 0.0784. The maximum atomic E-state index is 12.3. The van der Waals surface area contributed by atoms with E-state index in [1.165, 1.54) is 11.8 Å². The van der Waals surface area contributed by atoms with Gasteiger partial charge in [-0.25, -0.2) is 10.8 Å². The van der Waals surface area contributed by atoms with Gasteiger partial charge in [-0.05, 0) is 18.6 Å². The Balaban J connectivity index is 2.11. The molecule has 1 aromatic carbocycles. The zero-order valence-corrected chi connectivity index (χ0v) is 12.7. The molecule has 0 spiro atoms. The van der Waals surface area contributed by atoms with E-state index in [9.17, 15) is 4.79 Å². The van der Waals surface area contributed by atoms with Crippen molar-refractivity contribution in [3.63, 3.8) is 0 Å². The first-order chi connectivity index (χ1) is 10.0. The van der Waals surface area contributed by atoms with Gasteiger partial charge < -0.3 is 10.3 Å². The molecule has 21 heavy (non-hydrogen) atoms. The predicted octanol–water partition coefficient (Wildman–Crippen LogP) is 2.60. The fourth-order valence-corrected chi connectivity index (χ4v) is 2.14. The molecule has 1 amide bonds. The number of pyridine rings is 1. The summed E-state index contributed by atoms with van der Waals surface area (Å²) < 4.78 is 0. The Morgan fingerprint density at radius 1 is 1.38 bits per heavy atom. The monoisotopic (exact) mass is 304 g/mol. The molecule has 0 fully saturated rings. The van der Waals surface area contributed by atoms with Gasteiger partial charge in [-0.15, -0.1) is 0 Å². The van der Waals surface area contributed by atoms with Gasteiger partial charge in [-0.1, -0.05) is 41.4 Å². The van der Waals surface area contributed by atoms with E-state index in [4.69, 9.17) is 17.4 Å². The van der Waals surface area contributed by atoms with Crippen molar-refractivity contribution in [2.75, 3.05) is 12.5 Å². The number of aromatic nitrogens is 1. The number of nitrogens with two attached hydrogens (primary N) is 1. The van der Waals surface area contributed by atoms with Crippen molar-refractivity contribution >= 4 is 23.3 Å². The smallest absolute Gasteiger partial charge is 0.255 e. The number of hydrazine groups is 1. The zero-order valence-electron chi connectivity index (χ0n) is 11.9. The van der Waals surface area contributed by atoms with E-state index < -0.39 is 0 Å². The number of hydrogen-bond acceptors (Lipinski definition) is 4. The lowest BCUT2D eigenvalue weighted by Crippen LogP contribution is -2.26. The Labute approximate surface area is 128 Å². The predicted molar refractivity (Wildman–Crippen MR) is 84.0 cm³/mol. The summed E-state index contributed by atoms with van der Waals surface area (Å²) in [4.78, 5) is 18.0. The fourth-order valence-electron chi connectivity index (χ4n) is 1.92. The number of anilines is 1. The van der Waals surface area contributed by atoms with E-state index in [1.807, 2.05) is 31.2 Å². The minimum absolute atomic E-state index is 0.145. The Morgan fingerprint density at radius 3 is 2.62 bits per heavy atom. The number of amides is 1. The van der Waals surface area contributed by atoms with Crippen molar-refractivity contribution in [1.82, 2.24) is 9.88 Å². The molecule has 6 heteroatoms. The first-order valence-corrected chi connectivity index (χ1v) is 6.82. The molecule has 2 rings (SSSR count). The van der Waals surface area contributed by atoms with Crippen molar-refractivity contribution < 1.29 is 4.79 Å². The van der Waals surface area contributed by atoms with Crippen LogP contribution < -0.4 is 11.3 Å². The molecule has 2 aromatic rings. The average Bonchev–Trinajstić information content (AvgIpc) is 2.48. The van der Waals surface area contributed by atoms with Crippen molar-refractivity contribution in [3.8, 4) is 0 Å². The highest BCUT2D eigenvalue weighted by molar-refractivity contribution is 6.33. The van der Waals surface area contributed by atoms with Crippen LogP contribution in [0.4, 0.5) is 5.82 Å². The van der Waals surface area contributed by atoms with E-state index in [0.29, 0.717) is 22.9 Å². The third-order valence-corrected chi connectivity index (χ3v) is 3.40. The summed E-state index contributed by atoms with van der Waals surface area (Å²) in [7, 11) is 1.74. The first-order valence-electron chi connectivity index (χ1n) is 6.44. The molecule has 0 atom stereocenters. The number of carbonyl (C=O) groups excluding carboxylic acids is 1.